The maximum absolute atomic E-state index is 12.3. The maximum Gasteiger partial charge on any atom is 0.222 e. The Morgan fingerprint density at radius 3 is 2.87 bits per heavy atom. The van der Waals surface area contributed by atoms with Gasteiger partial charge in [-0.15, -0.1) is 10.2 Å². The fourth-order valence-corrected chi connectivity index (χ4v) is 3.22. The second-order valence-corrected chi connectivity index (χ2v) is 6.40. The van der Waals surface area contributed by atoms with Crippen LogP contribution < -0.4 is 0 Å². The molecule has 3 rings (SSSR count). The fraction of sp³-hybridized carbons (Fsp3) is 0.500. The van der Waals surface area contributed by atoms with Gasteiger partial charge in [0.1, 0.15) is 12.2 Å². The lowest BCUT2D eigenvalue weighted by molar-refractivity contribution is -0.130. The first kappa shape index (κ1) is 15.7. The van der Waals surface area contributed by atoms with E-state index in [9.17, 15) is 4.79 Å². The van der Waals surface area contributed by atoms with Crippen molar-refractivity contribution in [3.63, 3.8) is 0 Å². The Bertz CT molecular complexity index is 637. The molecule has 0 N–H and O–H groups in total. The van der Waals surface area contributed by atoms with Crippen LogP contribution in [0, 0.1) is 5.92 Å². The highest BCUT2D eigenvalue weighted by Crippen LogP contribution is 2.21. The van der Waals surface area contributed by atoms with Gasteiger partial charge in [0.05, 0.1) is 0 Å². The molecule has 1 fully saturated rings. The molecule has 23 heavy (non-hydrogen) atoms. The third-order valence-electron chi connectivity index (χ3n) is 4.61. The molecule has 0 saturated carbocycles. The molecule has 1 aliphatic heterocycles. The van der Waals surface area contributed by atoms with E-state index in [0.717, 1.165) is 44.6 Å². The van der Waals surface area contributed by atoms with Gasteiger partial charge in [0.15, 0.2) is 0 Å². The minimum absolute atomic E-state index is 0.293. The quantitative estimate of drug-likeness (QED) is 0.822. The average Bonchev–Trinajstić information content (AvgIpc) is 3.19. The summed E-state index contributed by atoms with van der Waals surface area (Å²) in [5.74, 6) is 1.81. The van der Waals surface area contributed by atoms with E-state index in [1.807, 2.05) is 22.6 Å². The van der Waals surface area contributed by atoms with Gasteiger partial charge in [0, 0.05) is 33.0 Å². The molecule has 0 bridgehead atoms. The predicted molar refractivity (Wildman–Crippen MR) is 88.8 cm³/mol. The summed E-state index contributed by atoms with van der Waals surface area (Å²) >= 11 is 0. The summed E-state index contributed by atoms with van der Waals surface area (Å²) < 4.78 is 1.96. The number of benzene rings is 1. The lowest BCUT2D eigenvalue weighted by Crippen LogP contribution is -2.28. The number of nitrogens with zero attached hydrogens (tertiary/aromatic N) is 4. The normalized spacial score (nSPS) is 17.6. The zero-order valence-electron chi connectivity index (χ0n) is 13.7. The zero-order valence-corrected chi connectivity index (χ0v) is 13.7. The number of amides is 1. The van der Waals surface area contributed by atoms with Gasteiger partial charge in [-0.3, -0.25) is 4.79 Å². The van der Waals surface area contributed by atoms with Crippen LogP contribution in [0.1, 0.15) is 30.7 Å². The van der Waals surface area contributed by atoms with E-state index < -0.39 is 0 Å². The number of likely N-dealkylation sites (tertiary alicyclic amines) is 1. The number of hydrogen-bond acceptors (Lipinski definition) is 3. The van der Waals surface area contributed by atoms with Crippen LogP contribution in [0.25, 0.3) is 0 Å². The summed E-state index contributed by atoms with van der Waals surface area (Å²) in [4.78, 5) is 14.4. The van der Waals surface area contributed by atoms with Crippen molar-refractivity contribution in [3.8, 4) is 0 Å². The SMILES string of the molecule is Cn1cnnc1CC1CCN(C(=O)CCCc2ccccc2)C1. The number of aromatic nitrogens is 3. The molecular weight excluding hydrogens is 288 g/mol. The van der Waals surface area contributed by atoms with Crippen molar-refractivity contribution in [1.29, 1.82) is 0 Å². The van der Waals surface area contributed by atoms with Gasteiger partial charge in [-0.1, -0.05) is 30.3 Å². The smallest absolute Gasteiger partial charge is 0.222 e. The van der Waals surface area contributed by atoms with Crippen molar-refractivity contribution in [2.45, 2.75) is 32.1 Å². The Labute approximate surface area is 137 Å². The van der Waals surface area contributed by atoms with E-state index in [1.165, 1.54) is 5.56 Å². The molecule has 0 aliphatic carbocycles. The molecule has 1 aromatic carbocycles. The molecule has 1 saturated heterocycles. The van der Waals surface area contributed by atoms with E-state index in [2.05, 4.69) is 34.5 Å². The number of carbonyl (C=O) groups is 1. The van der Waals surface area contributed by atoms with Crippen molar-refractivity contribution in [2.75, 3.05) is 13.1 Å². The summed E-state index contributed by atoms with van der Waals surface area (Å²) in [5.41, 5.74) is 1.31. The van der Waals surface area contributed by atoms with E-state index in [1.54, 1.807) is 6.33 Å². The number of rotatable bonds is 6. The first-order valence-corrected chi connectivity index (χ1v) is 8.37. The van der Waals surface area contributed by atoms with E-state index in [0.29, 0.717) is 18.2 Å². The third-order valence-corrected chi connectivity index (χ3v) is 4.61. The molecule has 1 aromatic heterocycles. The third kappa shape index (κ3) is 4.18. The van der Waals surface area contributed by atoms with Gasteiger partial charge >= 0.3 is 0 Å². The van der Waals surface area contributed by atoms with Crippen LogP contribution in [0.2, 0.25) is 0 Å². The Hall–Kier alpha value is -2.17. The van der Waals surface area contributed by atoms with Crippen molar-refractivity contribution in [1.82, 2.24) is 19.7 Å². The minimum atomic E-state index is 0.293. The number of aryl methyl sites for hydroxylation is 2. The molecule has 1 unspecified atom stereocenters. The molecule has 0 radical (unpaired) electrons. The second kappa shape index (κ2) is 7.40. The van der Waals surface area contributed by atoms with Crippen molar-refractivity contribution < 1.29 is 4.79 Å². The zero-order chi connectivity index (χ0) is 16.1. The Morgan fingerprint density at radius 1 is 1.30 bits per heavy atom. The lowest BCUT2D eigenvalue weighted by atomic mass is 10.0. The summed E-state index contributed by atoms with van der Waals surface area (Å²) in [6.07, 6.45) is 6.25. The van der Waals surface area contributed by atoms with Crippen LogP contribution >= 0.6 is 0 Å². The predicted octanol–water partition coefficient (Wildman–Crippen LogP) is 2.23. The minimum Gasteiger partial charge on any atom is -0.342 e. The average molecular weight is 312 g/mol. The second-order valence-electron chi connectivity index (χ2n) is 6.40. The standard InChI is InChI=1S/C18H24N4O/c1-21-14-19-20-17(21)12-16-10-11-22(13-16)18(23)9-5-8-15-6-3-2-4-7-15/h2-4,6-7,14,16H,5,8-13H2,1H3. The van der Waals surface area contributed by atoms with Crippen molar-refractivity contribution in [2.24, 2.45) is 13.0 Å². The molecule has 5 nitrogen and oxygen atoms in total. The van der Waals surface area contributed by atoms with Crippen molar-refractivity contribution in [3.05, 3.63) is 48.0 Å². The molecule has 1 atom stereocenters. The first-order chi connectivity index (χ1) is 11.2. The summed E-state index contributed by atoms with van der Waals surface area (Å²) in [5, 5.41) is 8.06. The number of hydrogen-bond donors (Lipinski definition) is 0. The van der Waals surface area contributed by atoms with Gasteiger partial charge in [-0.2, -0.15) is 0 Å². The molecule has 1 aliphatic rings. The highest BCUT2D eigenvalue weighted by Gasteiger charge is 2.26. The molecule has 0 spiro atoms. The highest BCUT2D eigenvalue weighted by molar-refractivity contribution is 5.76. The topological polar surface area (TPSA) is 51.0 Å². The van der Waals surface area contributed by atoms with Gasteiger partial charge in [0.25, 0.3) is 0 Å². The monoisotopic (exact) mass is 312 g/mol. The fourth-order valence-electron chi connectivity index (χ4n) is 3.22. The number of carbonyl (C=O) groups excluding carboxylic acids is 1. The van der Waals surface area contributed by atoms with Gasteiger partial charge in [0.2, 0.25) is 5.91 Å². The van der Waals surface area contributed by atoms with Crippen LogP contribution in [0.15, 0.2) is 36.7 Å². The Kier molecular flexibility index (Phi) is 5.05. The van der Waals surface area contributed by atoms with E-state index in [4.69, 9.17) is 0 Å². The molecular formula is C18H24N4O. The van der Waals surface area contributed by atoms with Crippen LogP contribution in [0.4, 0.5) is 0 Å². The summed E-state index contributed by atoms with van der Waals surface area (Å²) in [6.45, 7) is 1.74. The molecule has 122 valence electrons. The summed E-state index contributed by atoms with van der Waals surface area (Å²) in [7, 11) is 1.97. The molecule has 5 heteroatoms. The van der Waals surface area contributed by atoms with Gasteiger partial charge < -0.3 is 9.47 Å². The molecule has 2 heterocycles. The van der Waals surface area contributed by atoms with E-state index in [-0.39, 0.29) is 0 Å². The molecule has 2 aromatic rings. The van der Waals surface area contributed by atoms with Crippen LogP contribution in [0.3, 0.4) is 0 Å². The summed E-state index contributed by atoms with van der Waals surface area (Å²) in [6, 6.07) is 10.4. The first-order valence-electron chi connectivity index (χ1n) is 8.37. The largest absolute Gasteiger partial charge is 0.342 e. The molecule has 1 amide bonds. The maximum atomic E-state index is 12.3. The van der Waals surface area contributed by atoms with Crippen LogP contribution in [0.5, 0.6) is 0 Å². The van der Waals surface area contributed by atoms with Crippen molar-refractivity contribution >= 4 is 5.91 Å². The Morgan fingerprint density at radius 2 is 2.13 bits per heavy atom. The Balaban J connectivity index is 1.41. The highest BCUT2D eigenvalue weighted by atomic mass is 16.2. The van der Waals surface area contributed by atoms with Gasteiger partial charge in [-0.25, -0.2) is 0 Å². The van der Waals surface area contributed by atoms with Gasteiger partial charge in [-0.05, 0) is 30.7 Å². The van der Waals surface area contributed by atoms with Crippen LogP contribution in [-0.2, 0) is 24.7 Å². The lowest BCUT2D eigenvalue weighted by Gasteiger charge is -2.16. The van der Waals surface area contributed by atoms with E-state index >= 15 is 0 Å². The van der Waals surface area contributed by atoms with Crippen LogP contribution in [-0.4, -0.2) is 38.7 Å².